The molecule has 1 unspecified atom stereocenters. The number of ether oxygens (including phenoxy) is 1. The molecule has 17 heavy (non-hydrogen) atoms. The van der Waals surface area contributed by atoms with Gasteiger partial charge < -0.3 is 10.1 Å². The van der Waals surface area contributed by atoms with E-state index in [2.05, 4.69) is 10.3 Å². The van der Waals surface area contributed by atoms with E-state index in [1.165, 1.54) is 6.07 Å². The maximum Gasteiger partial charge on any atom is 0.311 e. The summed E-state index contributed by atoms with van der Waals surface area (Å²) in [6, 6.07) is 1.51. The molecular formula is C11H17N3O3. The number of hydrogen-bond acceptors (Lipinski definition) is 5. The van der Waals surface area contributed by atoms with Gasteiger partial charge in [-0.05, 0) is 18.4 Å². The van der Waals surface area contributed by atoms with Crippen LogP contribution < -0.4 is 5.32 Å². The molecule has 0 fully saturated rings. The molecule has 0 aliphatic rings. The van der Waals surface area contributed by atoms with E-state index in [0.29, 0.717) is 19.0 Å². The molecular weight excluding hydrogens is 222 g/mol. The zero-order valence-corrected chi connectivity index (χ0v) is 10.3. The zero-order valence-electron chi connectivity index (χ0n) is 10.3. The number of rotatable bonds is 6. The molecule has 0 bridgehead atoms. The summed E-state index contributed by atoms with van der Waals surface area (Å²) in [5, 5.41) is 13.8. The Morgan fingerprint density at radius 2 is 2.35 bits per heavy atom. The van der Waals surface area contributed by atoms with E-state index in [0.717, 1.165) is 5.56 Å². The molecule has 0 saturated carbocycles. The number of nitrogens with zero attached hydrogens (tertiary/aromatic N) is 2. The highest BCUT2D eigenvalue weighted by Gasteiger charge is 2.15. The molecule has 1 aromatic rings. The topological polar surface area (TPSA) is 77.3 Å². The lowest BCUT2D eigenvalue weighted by molar-refractivity contribution is -0.384. The Morgan fingerprint density at radius 1 is 1.65 bits per heavy atom. The van der Waals surface area contributed by atoms with Crippen LogP contribution in [0.15, 0.2) is 12.3 Å². The molecule has 1 rings (SSSR count). The number of pyridine rings is 1. The van der Waals surface area contributed by atoms with Crippen LogP contribution in [0.1, 0.15) is 12.5 Å². The first-order valence-electron chi connectivity index (χ1n) is 5.38. The molecule has 1 aromatic heterocycles. The number of aromatic nitrogens is 1. The van der Waals surface area contributed by atoms with Crippen molar-refractivity contribution in [3.63, 3.8) is 0 Å². The second-order valence-electron chi connectivity index (χ2n) is 4.08. The van der Waals surface area contributed by atoms with Crippen molar-refractivity contribution in [3.8, 4) is 0 Å². The average Bonchev–Trinajstić information content (AvgIpc) is 2.27. The van der Waals surface area contributed by atoms with Crippen LogP contribution in [0.2, 0.25) is 0 Å². The van der Waals surface area contributed by atoms with Crippen LogP contribution in [0.3, 0.4) is 0 Å². The summed E-state index contributed by atoms with van der Waals surface area (Å²) in [6.45, 7) is 4.96. The van der Waals surface area contributed by atoms with E-state index in [-0.39, 0.29) is 11.6 Å². The molecule has 0 saturated heterocycles. The molecule has 0 spiro atoms. The van der Waals surface area contributed by atoms with Gasteiger partial charge in [0.25, 0.3) is 0 Å². The molecule has 0 aliphatic heterocycles. The lowest BCUT2D eigenvalue weighted by Crippen LogP contribution is -2.17. The van der Waals surface area contributed by atoms with Gasteiger partial charge >= 0.3 is 5.69 Å². The highest BCUT2D eigenvalue weighted by atomic mass is 16.6. The SMILES string of the molecule is COCC(C)CNc1ncc(C)cc1[N+](=O)[O-]. The molecule has 0 aliphatic carbocycles. The number of methoxy groups -OCH3 is 1. The van der Waals surface area contributed by atoms with Gasteiger partial charge in [-0.25, -0.2) is 4.98 Å². The first-order chi connectivity index (χ1) is 8.04. The van der Waals surface area contributed by atoms with Crippen molar-refractivity contribution in [2.24, 2.45) is 5.92 Å². The van der Waals surface area contributed by atoms with Gasteiger partial charge in [0, 0.05) is 25.9 Å². The summed E-state index contributed by atoms with van der Waals surface area (Å²) >= 11 is 0. The third kappa shape index (κ3) is 3.99. The van der Waals surface area contributed by atoms with Gasteiger partial charge in [0.2, 0.25) is 5.82 Å². The van der Waals surface area contributed by atoms with Crippen LogP contribution >= 0.6 is 0 Å². The molecule has 1 heterocycles. The van der Waals surface area contributed by atoms with Crippen LogP contribution in [0.25, 0.3) is 0 Å². The van der Waals surface area contributed by atoms with Gasteiger partial charge in [0.05, 0.1) is 11.5 Å². The maximum atomic E-state index is 10.8. The first kappa shape index (κ1) is 13.4. The molecule has 0 amide bonds. The Morgan fingerprint density at radius 3 is 2.94 bits per heavy atom. The maximum absolute atomic E-state index is 10.8. The normalized spacial score (nSPS) is 12.2. The van der Waals surface area contributed by atoms with Crippen molar-refractivity contribution in [1.29, 1.82) is 0 Å². The van der Waals surface area contributed by atoms with Crippen molar-refractivity contribution >= 4 is 11.5 Å². The van der Waals surface area contributed by atoms with Gasteiger partial charge in [0.15, 0.2) is 0 Å². The summed E-state index contributed by atoms with van der Waals surface area (Å²) in [7, 11) is 1.63. The predicted molar refractivity (Wildman–Crippen MR) is 65.2 cm³/mol. The van der Waals surface area contributed by atoms with E-state index in [4.69, 9.17) is 4.74 Å². The molecule has 0 aromatic carbocycles. The standard InChI is InChI=1S/C11H17N3O3/c1-8-4-10(14(15)16)11(12-5-8)13-6-9(2)7-17-3/h4-5,9H,6-7H2,1-3H3,(H,12,13). The number of nitrogens with one attached hydrogen (secondary N) is 1. The van der Waals surface area contributed by atoms with E-state index in [1.807, 2.05) is 6.92 Å². The minimum atomic E-state index is -0.427. The van der Waals surface area contributed by atoms with Crippen molar-refractivity contribution in [2.45, 2.75) is 13.8 Å². The van der Waals surface area contributed by atoms with Gasteiger partial charge in [-0.1, -0.05) is 6.92 Å². The predicted octanol–water partition coefficient (Wildman–Crippen LogP) is 1.99. The van der Waals surface area contributed by atoms with Gasteiger partial charge in [-0.15, -0.1) is 0 Å². The average molecular weight is 239 g/mol. The van der Waals surface area contributed by atoms with Crippen molar-refractivity contribution in [2.75, 3.05) is 25.6 Å². The smallest absolute Gasteiger partial charge is 0.311 e. The molecule has 6 heteroatoms. The second kappa shape index (κ2) is 6.15. The number of anilines is 1. The van der Waals surface area contributed by atoms with E-state index in [1.54, 1.807) is 20.2 Å². The van der Waals surface area contributed by atoms with Crippen molar-refractivity contribution in [1.82, 2.24) is 4.98 Å². The Hall–Kier alpha value is -1.69. The third-order valence-electron chi connectivity index (χ3n) is 2.27. The largest absolute Gasteiger partial charge is 0.384 e. The first-order valence-corrected chi connectivity index (χ1v) is 5.38. The van der Waals surface area contributed by atoms with E-state index < -0.39 is 4.92 Å². The Bertz CT molecular complexity index is 396. The summed E-state index contributed by atoms with van der Waals surface area (Å²) in [5.74, 6) is 0.575. The van der Waals surface area contributed by atoms with Crippen LogP contribution in [0.4, 0.5) is 11.5 Å². The highest BCUT2D eigenvalue weighted by Crippen LogP contribution is 2.22. The van der Waals surface area contributed by atoms with Crippen molar-refractivity contribution < 1.29 is 9.66 Å². The Balaban J connectivity index is 2.73. The fraction of sp³-hybridized carbons (Fsp3) is 0.545. The summed E-state index contributed by atoms with van der Waals surface area (Å²) < 4.78 is 4.99. The number of aryl methyl sites for hydroxylation is 1. The minimum Gasteiger partial charge on any atom is -0.384 e. The highest BCUT2D eigenvalue weighted by molar-refractivity contribution is 5.56. The molecule has 6 nitrogen and oxygen atoms in total. The summed E-state index contributed by atoms with van der Waals surface area (Å²) in [4.78, 5) is 14.5. The Labute approximate surface area is 100 Å². The van der Waals surface area contributed by atoms with Crippen LogP contribution in [-0.4, -0.2) is 30.2 Å². The van der Waals surface area contributed by atoms with Gasteiger partial charge in [0.1, 0.15) is 0 Å². The fourth-order valence-corrected chi connectivity index (χ4v) is 1.44. The van der Waals surface area contributed by atoms with Gasteiger partial charge in [-0.3, -0.25) is 10.1 Å². The van der Waals surface area contributed by atoms with Gasteiger partial charge in [-0.2, -0.15) is 0 Å². The Kier molecular flexibility index (Phi) is 4.84. The van der Waals surface area contributed by atoms with E-state index in [9.17, 15) is 10.1 Å². The molecule has 1 atom stereocenters. The minimum absolute atomic E-state index is 0.00890. The van der Waals surface area contributed by atoms with Crippen molar-refractivity contribution in [3.05, 3.63) is 27.9 Å². The lowest BCUT2D eigenvalue weighted by atomic mass is 10.2. The zero-order chi connectivity index (χ0) is 12.8. The summed E-state index contributed by atoms with van der Waals surface area (Å²) in [6.07, 6.45) is 1.61. The fourth-order valence-electron chi connectivity index (χ4n) is 1.44. The van der Waals surface area contributed by atoms with E-state index >= 15 is 0 Å². The van der Waals surface area contributed by atoms with Crippen LogP contribution in [0, 0.1) is 23.0 Å². The second-order valence-corrected chi connectivity index (χ2v) is 4.08. The quantitative estimate of drug-likeness (QED) is 0.606. The lowest BCUT2D eigenvalue weighted by Gasteiger charge is -2.12. The third-order valence-corrected chi connectivity index (χ3v) is 2.27. The van der Waals surface area contributed by atoms with Crippen LogP contribution in [-0.2, 0) is 4.74 Å². The monoisotopic (exact) mass is 239 g/mol. The summed E-state index contributed by atoms with van der Waals surface area (Å²) in [5.41, 5.74) is 0.779. The van der Waals surface area contributed by atoms with Crippen LogP contribution in [0.5, 0.6) is 0 Å². The number of nitro groups is 1. The molecule has 0 radical (unpaired) electrons. The number of hydrogen-bond donors (Lipinski definition) is 1. The molecule has 94 valence electrons. The molecule has 1 N–H and O–H groups in total.